The second-order valence-corrected chi connectivity index (χ2v) is 8.11. The molecule has 27 heavy (non-hydrogen) atoms. The highest BCUT2D eigenvalue weighted by atomic mass is 32.2. The first-order chi connectivity index (χ1) is 12.9. The van der Waals surface area contributed by atoms with Crippen molar-refractivity contribution in [3.63, 3.8) is 0 Å². The van der Waals surface area contributed by atoms with Gasteiger partial charge in [0, 0.05) is 16.6 Å². The predicted octanol–water partition coefficient (Wildman–Crippen LogP) is 4.31. The number of hydrogen-bond donors (Lipinski definition) is 0. The monoisotopic (exact) mass is 383 g/mol. The molecule has 0 N–H and O–H groups in total. The molecule has 0 bridgehead atoms. The Balaban J connectivity index is 1.58. The zero-order valence-electron chi connectivity index (χ0n) is 16.2. The second kappa shape index (κ2) is 8.17. The van der Waals surface area contributed by atoms with Crippen LogP contribution in [0.2, 0.25) is 0 Å². The number of para-hydroxylation sites is 1. The largest absolute Gasteiger partial charge is 0.452 e. The number of carbonyl (C=O) groups is 2. The van der Waals surface area contributed by atoms with E-state index in [0.717, 1.165) is 22.6 Å². The molecule has 1 aliphatic rings. The van der Waals surface area contributed by atoms with Crippen LogP contribution < -0.4 is 4.90 Å². The fraction of sp³-hybridized carbons (Fsp3) is 0.364. The summed E-state index contributed by atoms with van der Waals surface area (Å²) in [6.07, 6.45) is 0.0250. The van der Waals surface area contributed by atoms with Crippen LogP contribution >= 0.6 is 11.8 Å². The average Bonchev–Trinajstić information content (AvgIpc) is 2.97. The fourth-order valence-electron chi connectivity index (χ4n) is 3.32. The molecule has 0 spiro atoms. The molecule has 4 nitrogen and oxygen atoms in total. The Labute approximate surface area is 164 Å². The highest BCUT2D eigenvalue weighted by molar-refractivity contribution is 8.00. The zero-order chi connectivity index (χ0) is 19.6. The number of fused-ring (bicyclic) bond motifs is 1. The lowest BCUT2D eigenvalue weighted by molar-refractivity contribution is -0.151. The highest BCUT2D eigenvalue weighted by Crippen LogP contribution is 2.32. The molecular formula is C22H25NO3S. The van der Waals surface area contributed by atoms with Gasteiger partial charge in [-0.3, -0.25) is 9.59 Å². The van der Waals surface area contributed by atoms with Crippen molar-refractivity contribution in [3.8, 4) is 0 Å². The van der Waals surface area contributed by atoms with Gasteiger partial charge in [0.1, 0.15) is 0 Å². The number of nitrogens with zero attached hydrogens (tertiary/aromatic N) is 1. The van der Waals surface area contributed by atoms with Crippen molar-refractivity contribution >= 4 is 29.3 Å². The summed E-state index contributed by atoms with van der Waals surface area (Å²) < 4.78 is 5.41. The molecule has 1 aliphatic heterocycles. The number of hydrogen-bond acceptors (Lipinski definition) is 4. The molecule has 142 valence electrons. The molecule has 3 rings (SSSR count). The molecule has 0 aliphatic carbocycles. The summed E-state index contributed by atoms with van der Waals surface area (Å²) in [5.74, 6) is -0.358. The van der Waals surface area contributed by atoms with Gasteiger partial charge in [-0.25, -0.2) is 0 Å². The van der Waals surface area contributed by atoms with Crippen LogP contribution in [0.1, 0.15) is 30.5 Å². The quantitative estimate of drug-likeness (QED) is 0.570. The van der Waals surface area contributed by atoms with Crippen LogP contribution in [0.25, 0.3) is 0 Å². The summed E-state index contributed by atoms with van der Waals surface area (Å²) in [6.45, 7) is 7.77. The molecule has 1 amide bonds. The van der Waals surface area contributed by atoms with Crippen LogP contribution in [0.3, 0.4) is 0 Å². The summed E-state index contributed by atoms with van der Waals surface area (Å²) in [4.78, 5) is 27.8. The van der Waals surface area contributed by atoms with Crippen LogP contribution in [0.15, 0.2) is 47.4 Å². The topological polar surface area (TPSA) is 46.6 Å². The Morgan fingerprint density at radius 2 is 1.93 bits per heavy atom. The van der Waals surface area contributed by atoms with Gasteiger partial charge in [-0.2, -0.15) is 0 Å². The van der Waals surface area contributed by atoms with E-state index in [1.165, 1.54) is 22.9 Å². The first kappa shape index (κ1) is 19.5. The van der Waals surface area contributed by atoms with Gasteiger partial charge in [-0.1, -0.05) is 24.3 Å². The standard InChI is InChI=1S/C22H25NO3S/c1-14-9-10-19(11-15(14)2)27-13-21(24)26-17(4)22(25)23-16(3)12-18-7-5-6-8-20(18)23/h5-11,16-17H,12-13H2,1-4H3/t16-,17+/m0/s1. The second-order valence-electron chi connectivity index (χ2n) is 7.06. The maximum absolute atomic E-state index is 12.9. The van der Waals surface area contributed by atoms with E-state index in [4.69, 9.17) is 4.74 Å². The number of anilines is 1. The van der Waals surface area contributed by atoms with Crippen molar-refractivity contribution in [3.05, 3.63) is 59.2 Å². The lowest BCUT2D eigenvalue weighted by atomic mass is 10.1. The van der Waals surface area contributed by atoms with Gasteiger partial charge in [0.15, 0.2) is 6.10 Å². The Morgan fingerprint density at radius 1 is 1.19 bits per heavy atom. The van der Waals surface area contributed by atoms with E-state index in [0.29, 0.717) is 0 Å². The van der Waals surface area contributed by atoms with Gasteiger partial charge >= 0.3 is 5.97 Å². The average molecular weight is 384 g/mol. The maximum Gasteiger partial charge on any atom is 0.317 e. The third kappa shape index (κ3) is 4.35. The van der Waals surface area contributed by atoms with Gasteiger partial charge in [-0.15, -0.1) is 11.8 Å². The minimum absolute atomic E-state index is 0.0703. The summed E-state index contributed by atoms with van der Waals surface area (Å²) >= 11 is 1.43. The van der Waals surface area contributed by atoms with Gasteiger partial charge in [0.05, 0.1) is 5.75 Å². The molecule has 5 heteroatoms. The van der Waals surface area contributed by atoms with E-state index < -0.39 is 6.10 Å². The lowest BCUT2D eigenvalue weighted by Crippen LogP contribution is -2.43. The minimum Gasteiger partial charge on any atom is -0.452 e. The Hall–Kier alpha value is -2.27. The number of amides is 1. The molecule has 0 saturated carbocycles. The van der Waals surface area contributed by atoms with E-state index in [9.17, 15) is 9.59 Å². The number of ether oxygens (including phenoxy) is 1. The van der Waals surface area contributed by atoms with Crippen LogP contribution in [0, 0.1) is 13.8 Å². The smallest absolute Gasteiger partial charge is 0.317 e. The Morgan fingerprint density at radius 3 is 2.67 bits per heavy atom. The Kier molecular flexibility index (Phi) is 5.90. The van der Waals surface area contributed by atoms with Crippen LogP contribution in [0.5, 0.6) is 0 Å². The SMILES string of the molecule is Cc1ccc(SCC(=O)O[C@H](C)C(=O)N2c3ccccc3C[C@@H]2C)cc1C. The zero-order valence-corrected chi connectivity index (χ0v) is 17.0. The van der Waals surface area contributed by atoms with Crippen molar-refractivity contribution in [1.82, 2.24) is 0 Å². The van der Waals surface area contributed by atoms with Crippen LogP contribution in [-0.2, 0) is 20.7 Å². The number of carbonyl (C=O) groups excluding carboxylic acids is 2. The minimum atomic E-state index is -0.800. The lowest BCUT2D eigenvalue weighted by Gasteiger charge is -2.25. The molecule has 0 saturated heterocycles. The van der Waals surface area contributed by atoms with E-state index in [2.05, 4.69) is 13.0 Å². The number of aryl methyl sites for hydroxylation is 2. The molecule has 2 atom stereocenters. The van der Waals surface area contributed by atoms with Crippen molar-refractivity contribution in [1.29, 1.82) is 0 Å². The van der Waals surface area contributed by atoms with Gasteiger partial charge in [0.25, 0.3) is 5.91 Å². The van der Waals surface area contributed by atoms with Gasteiger partial charge < -0.3 is 9.64 Å². The molecule has 2 aromatic rings. The summed E-state index contributed by atoms with van der Waals surface area (Å²) in [6, 6.07) is 14.1. The van der Waals surface area contributed by atoms with Crippen molar-refractivity contribution < 1.29 is 14.3 Å². The summed E-state index contributed by atoms with van der Waals surface area (Å²) in [7, 11) is 0. The molecule has 0 radical (unpaired) electrons. The maximum atomic E-state index is 12.9. The summed E-state index contributed by atoms with van der Waals surface area (Å²) in [5.41, 5.74) is 4.49. The van der Waals surface area contributed by atoms with E-state index in [1.54, 1.807) is 11.8 Å². The highest BCUT2D eigenvalue weighted by Gasteiger charge is 2.34. The fourth-order valence-corrected chi connectivity index (χ4v) is 4.10. The number of rotatable bonds is 5. The number of thioether (sulfide) groups is 1. The van der Waals surface area contributed by atoms with E-state index >= 15 is 0 Å². The normalized spacial score (nSPS) is 16.7. The number of benzene rings is 2. The number of esters is 1. The van der Waals surface area contributed by atoms with Crippen molar-refractivity contribution in [2.24, 2.45) is 0 Å². The molecular weight excluding hydrogens is 358 g/mol. The van der Waals surface area contributed by atoms with Crippen LogP contribution in [-0.4, -0.2) is 29.8 Å². The molecule has 0 unspecified atom stereocenters. The van der Waals surface area contributed by atoms with Crippen molar-refractivity contribution in [2.75, 3.05) is 10.7 Å². The summed E-state index contributed by atoms with van der Waals surface area (Å²) in [5, 5.41) is 0. The van der Waals surface area contributed by atoms with Crippen molar-refractivity contribution in [2.45, 2.75) is 51.2 Å². The van der Waals surface area contributed by atoms with Crippen LogP contribution in [0.4, 0.5) is 5.69 Å². The van der Waals surface area contributed by atoms with E-state index in [1.807, 2.05) is 50.2 Å². The van der Waals surface area contributed by atoms with Gasteiger partial charge in [0.2, 0.25) is 0 Å². The first-order valence-electron chi connectivity index (χ1n) is 9.17. The van der Waals surface area contributed by atoms with Gasteiger partial charge in [-0.05, 0) is 69.0 Å². The molecule has 0 aromatic heterocycles. The predicted molar refractivity (Wildman–Crippen MR) is 109 cm³/mol. The third-order valence-corrected chi connectivity index (χ3v) is 5.90. The Bertz CT molecular complexity index is 864. The molecule has 2 aromatic carbocycles. The third-order valence-electron chi connectivity index (χ3n) is 4.94. The van der Waals surface area contributed by atoms with E-state index in [-0.39, 0.29) is 23.7 Å². The first-order valence-corrected chi connectivity index (χ1v) is 10.2. The molecule has 0 fully saturated rings. The molecule has 1 heterocycles.